The number of nitrogens with two attached hydrogens (primary N) is 1. The number of hydrogen-bond donors (Lipinski definition) is 2. The number of hydrogen-bond acceptors (Lipinski definition) is 2. The van der Waals surface area contributed by atoms with Gasteiger partial charge in [-0.15, -0.1) is 0 Å². The molecule has 1 aromatic carbocycles. The molecule has 4 heteroatoms. The van der Waals surface area contributed by atoms with Gasteiger partial charge >= 0.3 is 5.97 Å². The fourth-order valence-electron chi connectivity index (χ4n) is 2.03. The van der Waals surface area contributed by atoms with Crippen molar-refractivity contribution in [1.29, 1.82) is 0 Å². The molecule has 0 radical (unpaired) electrons. The first-order chi connectivity index (χ1) is 7.44. The van der Waals surface area contributed by atoms with E-state index in [0.29, 0.717) is 5.56 Å². The van der Waals surface area contributed by atoms with Crippen LogP contribution in [-0.2, 0) is 5.54 Å². The van der Waals surface area contributed by atoms with Gasteiger partial charge in [-0.2, -0.15) is 0 Å². The summed E-state index contributed by atoms with van der Waals surface area (Å²) in [5.74, 6) is -1.60. The maximum atomic E-state index is 13.6. The van der Waals surface area contributed by atoms with Crippen molar-refractivity contribution in [3.05, 3.63) is 34.6 Å². The minimum Gasteiger partial charge on any atom is -0.478 e. The third-order valence-corrected chi connectivity index (χ3v) is 3.40. The summed E-state index contributed by atoms with van der Waals surface area (Å²) in [5.41, 5.74) is 6.29. The van der Waals surface area contributed by atoms with E-state index in [9.17, 15) is 9.18 Å². The predicted octanol–water partition coefficient (Wildman–Crippen LogP) is 2.17. The summed E-state index contributed by atoms with van der Waals surface area (Å²) in [6.45, 7) is 1.46. The maximum absolute atomic E-state index is 13.6. The maximum Gasteiger partial charge on any atom is 0.336 e. The van der Waals surface area contributed by atoms with Gasteiger partial charge in [0.25, 0.3) is 0 Å². The second kappa shape index (κ2) is 3.56. The van der Waals surface area contributed by atoms with Crippen molar-refractivity contribution in [3.8, 4) is 0 Å². The monoisotopic (exact) mass is 223 g/mol. The van der Waals surface area contributed by atoms with Crippen LogP contribution in [-0.4, -0.2) is 11.1 Å². The Hall–Kier alpha value is -1.42. The number of halogens is 1. The molecular weight excluding hydrogens is 209 g/mol. The molecule has 2 rings (SSSR count). The molecule has 0 aliphatic heterocycles. The molecule has 16 heavy (non-hydrogen) atoms. The molecule has 0 atom stereocenters. The van der Waals surface area contributed by atoms with Crippen molar-refractivity contribution in [2.75, 3.05) is 0 Å². The summed E-state index contributed by atoms with van der Waals surface area (Å²) in [7, 11) is 0. The Morgan fingerprint density at radius 3 is 2.56 bits per heavy atom. The molecule has 0 amide bonds. The van der Waals surface area contributed by atoms with Gasteiger partial charge in [0.1, 0.15) is 5.82 Å². The molecule has 3 N–H and O–H groups in total. The molecule has 3 nitrogen and oxygen atoms in total. The third-order valence-electron chi connectivity index (χ3n) is 3.40. The number of aromatic carboxylic acids is 1. The number of carboxylic acid groups (broad SMARTS) is 1. The molecular formula is C12H14FNO2. The topological polar surface area (TPSA) is 63.3 Å². The molecule has 1 aliphatic carbocycles. The Balaban J connectivity index is 2.52. The van der Waals surface area contributed by atoms with Crippen LogP contribution in [0.2, 0.25) is 0 Å². The van der Waals surface area contributed by atoms with Crippen molar-refractivity contribution >= 4 is 5.97 Å². The first-order valence-corrected chi connectivity index (χ1v) is 5.27. The van der Waals surface area contributed by atoms with E-state index in [-0.39, 0.29) is 11.1 Å². The normalized spacial score (nSPS) is 17.9. The van der Waals surface area contributed by atoms with E-state index in [1.165, 1.54) is 19.1 Å². The molecule has 1 aliphatic rings. The first kappa shape index (κ1) is 11.1. The predicted molar refractivity (Wildman–Crippen MR) is 57.8 cm³/mol. The van der Waals surface area contributed by atoms with Crippen LogP contribution in [0, 0.1) is 12.7 Å². The van der Waals surface area contributed by atoms with Crippen LogP contribution >= 0.6 is 0 Å². The van der Waals surface area contributed by atoms with Crippen LogP contribution in [0.25, 0.3) is 0 Å². The third kappa shape index (κ3) is 1.59. The van der Waals surface area contributed by atoms with E-state index in [2.05, 4.69) is 0 Å². The molecule has 0 heterocycles. The van der Waals surface area contributed by atoms with Crippen molar-refractivity contribution in [2.45, 2.75) is 31.7 Å². The second-order valence-electron chi connectivity index (χ2n) is 4.45. The molecule has 0 spiro atoms. The highest BCUT2D eigenvalue weighted by atomic mass is 19.1. The average Bonchev–Trinajstić information content (AvgIpc) is 2.18. The van der Waals surface area contributed by atoms with Crippen LogP contribution in [0.5, 0.6) is 0 Å². The smallest absolute Gasteiger partial charge is 0.336 e. The largest absolute Gasteiger partial charge is 0.478 e. The lowest BCUT2D eigenvalue weighted by molar-refractivity contribution is 0.0695. The van der Waals surface area contributed by atoms with E-state index in [0.717, 1.165) is 19.3 Å². The van der Waals surface area contributed by atoms with Crippen molar-refractivity contribution in [1.82, 2.24) is 0 Å². The summed E-state index contributed by atoms with van der Waals surface area (Å²) < 4.78 is 13.6. The van der Waals surface area contributed by atoms with Crippen molar-refractivity contribution in [2.24, 2.45) is 5.73 Å². The quantitative estimate of drug-likeness (QED) is 0.807. The highest BCUT2D eigenvalue weighted by Gasteiger charge is 2.35. The summed E-state index contributed by atoms with van der Waals surface area (Å²) in [5, 5.41) is 8.96. The Kier molecular flexibility index (Phi) is 2.46. The Morgan fingerprint density at radius 1 is 1.50 bits per heavy atom. The molecule has 1 saturated carbocycles. The van der Waals surface area contributed by atoms with E-state index in [1.54, 1.807) is 0 Å². The molecule has 1 fully saturated rings. The lowest BCUT2D eigenvalue weighted by atomic mass is 9.72. The minimum atomic E-state index is -1.11. The summed E-state index contributed by atoms with van der Waals surface area (Å²) in [4.78, 5) is 11.0. The Labute approximate surface area is 93.1 Å². The number of carboxylic acids is 1. The van der Waals surface area contributed by atoms with Crippen LogP contribution in [0.3, 0.4) is 0 Å². The van der Waals surface area contributed by atoms with Crippen molar-refractivity contribution < 1.29 is 14.3 Å². The molecule has 1 aromatic rings. The second-order valence-corrected chi connectivity index (χ2v) is 4.45. The zero-order valence-electron chi connectivity index (χ0n) is 9.09. The lowest BCUT2D eigenvalue weighted by Gasteiger charge is -2.38. The van der Waals surface area contributed by atoms with E-state index in [4.69, 9.17) is 10.8 Å². The van der Waals surface area contributed by atoms with Gasteiger partial charge in [0.15, 0.2) is 0 Å². The highest BCUT2D eigenvalue weighted by molar-refractivity contribution is 5.89. The van der Waals surface area contributed by atoms with Gasteiger partial charge < -0.3 is 10.8 Å². The molecule has 0 aromatic heterocycles. The van der Waals surface area contributed by atoms with Gasteiger partial charge in [-0.1, -0.05) is 0 Å². The van der Waals surface area contributed by atoms with Gasteiger partial charge in [0.2, 0.25) is 0 Å². The number of rotatable bonds is 2. The highest BCUT2D eigenvalue weighted by Crippen LogP contribution is 2.39. The summed E-state index contributed by atoms with van der Waals surface area (Å²) in [6, 6.07) is 2.86. The fourth-order valence-corrected chi connectivity index (χ4v) is 2.03. The minimum absolute atomic E-state index is 0.00623. The number of carbonyl (C=O) groups is 1. The van der Waals surface area contributed by atoms with Crippen LogP contribution in [0.1, 0.15) is 40.7 Å². The van der Waals surface area contributed by atoms with E-state index in [1.807, 2.05) is 0 Å². The van der Waals surface area contributed by atoms with E-state index < -0.39 is 17.3 Å². The number of benzene rings is 1. The van der Waals surface area contributed by atoms with Gasteiger partial charge in [0, 0.05) is 5.54 Å². The Bertz CT molecular complexity index is 453. The van der Waals surface area contributed by atoms with Crippen molar-refractivity contribution in [3.63, 3.8) is 0 Å². The fraction of sp³-hybridized carbons (Fsp3) is 0.417. The zero-order chi connectivity index (χ0) is 11.9. The summed E-state index contributed by atoms with van der Waals surface area (Å²) >= 11 is 0. The van der Waals surface area contributed by atoms with Crippen LogP contribution in [0.15, 0.2) is 12.1 Å². The molecule has 0 unspecified atom stereocenters. The lowest BCUT2D eigenvalue weighted by Crippen LogP contribution is -2.43. The van der Waals surface area contributed by atoms with Gasteiger partial charge in [-0.3, -0.25) is 0 Å². The molecule has 0 bridgehead atoms. The Morgan fingerprint density at radius 2 is 2.12 bits per heavy atom. The van der Waals surface area contributed by atoms with Crippen LogP contribution < -0.4 is 5.73 Å². The average molecular weight is 223 g/mol. The first-order valence-electron chi connectivity index (χ1n) is 5.27. The SMILES string of the molecule is Cc1c(F)cc(C2(N)CCC2)cc1C(=O)O. The van der Waals surface area contributed by atoms with Gasteiger partial charge in [-0.25, -0.2) is 9.18 Å². The van der Waals surface area contributed by atoms with E-state index >= 15 is 0 Å². The van der Waals surface area contributed by atoms with Gasteiger partial charge in [0.05, 0.1) is 5.56 Å². The molecule has 86 valence electrons. The molecule has 0 saturated heterocycles. The zero-order valence-corrected chi connectivity index (χ0v) is 9.09. The van der Waals surface area contributed by atoms with Crippen LogP contribution in [0.4, 0.5) is 4.39 Å². The summed E-state index contributed by atoms with van der Waals surface area (Å²) in [6.07, 6.45) is 2.58. The standard InChI is InChI=1S/C12H14FNO2/c1-7-9(11(15)16)5-8(6-10(7)13)12(14)3-2-4-12/h5-6H,2-4,14H2,1H3,(H,15,16). The van der Waals surface area contributed by atoms with Gasteiger partial charge in [-0.05, 0) is 49.4 Å².